The summed E-state index contributed by atoms with van der Waals surface area (Å²) in [6.07, 6.45) is -4.85. The Balaban J connectivity index is 2.03. The van der Waals surface area contributed by atoms with Crippen LogP contribution in [0.15, 0.2) is 48.5 Å². The van der Waals surface area contributed by atoms with E-state index in [1.807, 2.05) is 13.8 Å². The second-order valence-electron chi connectivity index (χ2n) is 7.46. The molecule has 3 rings (SSSR count). The summed E-state index contributed by atoms with van der Waals surface area (Å²) in [6, 6.07) is 10.3. The number of hydrogen-bond acceptors (Lipinski definition) is 6. The van der Waals surface area contributed by atoms with Crippen LogP contribution in [0.3, 0.4) is 0 Å². The summed E-state index contributed by atoms with van der Waals surface area (Å²) in [5.41, 5.74) is 0.599. The number of aliphatic hydroxyl groups is 1. The van der Waals surface area contributed by atoms with Crippen molar-refractivity contribution >= 4 is 29.1 Å². The highest BCUT2D eigenvalue weighted by atomic mass is 35.5. The quantitative estimate of drug-likeness (QED) is 0.340. The van der Waals surface area contributed by atoms with Gasteiger partial charge in [-0.25, -0.2) is 9.37 Å². The van der Waals surface area contributed by atoms with Gasteiger partial charge in [0, 0.05) is 16.7 Å². The standard InChI is InChI=1S/C22H21ClF4N4O2/c1-12(2)19(11-32)30-21-29-17(13-4-3-5-15(8-13)33-22(25,26)27)10-20(31-21)28-18-9-14(23)6-7-16(18)24/h3-10,12,19,32H,11H2,1-2H3,(H2,28,29,30,31)/t19-/m1/s1. The number of anilines is 3. The van der Waals surface area contributed by atoms with E-state index in [1.54, 1.807) is 6.07 Å². The molecule has 0 unspecified atom stereocenters. The Labute approximate surface area is 192 Å². The van der Waals surface area contributed by atoms with Crippen molar-refractivity contribution in [2.24, 2.45) is 5.92 Å². The number of benzene rings is 2. The lowest BCUT2D eigenvalue weighted by Gasteiger charge is -2.21. The molecular formula is C22H21ClF4N4O2. The average molecular weight is 485 g/mol. The first-order valence-electron chi connectivity index (χ1n) is 9.89. The zero-order chi connectivity index (χ0) is 24.2. The number of ether oxygens (including phenoxy) is 1. The SMILES string of the molecule is CC(C)[C@@H](CO)Nc1nc(Nc2cc(Cl)ccc2F)cc(-c2cccc(OC(F)(F)F)c2)n1. The summed E-state index contributed by atoms with van der Waals surface area (Å²) in [5, 5.41) is 15.7. The smallest absolute Gasteiger partial charge is 0.406 e. The van der Waals surface area contributed by atoms with Gasteiger partial charge in [-0.1, -0.05) is 37.6 Å². The van der Waals surface area contributed by atoms with Crippen LogP contribution in [0.4, 0.5) is 35.0 Å². The van der Waals surface area contributed by atoms with Crippen molar-refractivity contribution < 1.29 is 27.4 Å². The van der Waals surface area contributed by atoms with E-state index in [9.17, 15) is 22.7 Å². The Hall–Kier alpha value is -3.11. The molecule has 0 bridgehead atoms. The van der Waals surface area contributed by atoms with Crippen LogP contribution in [0.5, 0.6) is 5.75 Å². The van der Waals surface area contributed by atoms with E-state index in [0.717, 1.165) is 0 Å². The lowest BCUT2D eigenvalue weighted by molar-refractivity contribution is -0.274. The molecule has 0 aliphatic heterocycles. The molecule has 176 valence electrons. The lowest BCUT2D eigenvalue weighted by Crippen LogP contribution is -2.30. The molecule has 0 radical (unpaired) electrons. The normalized spacial score (nSPS) is 12.5. The zero-order valence-electron chi connectivity index (χ0n) is 17.6. The highest BCUT2D eigenvalue weighted by molar-refractivity contribution is 6.30. The van der Waals surface area contributed by atoms with Crippen LogP contribution < -0.4 is 15.4 Å². The first-order chi connectivity index (χ1) is 15.5. The van der Waals surface area contributed by atoms with Crippen molar-refractivity contribution in [2.75, 3.05) is 17.2 Å². The monoisotopic (exact) mass is 484 g/mol. The van der Waals surface area contributed by atoms with E-state index in [0.29, 0.717) is 10.6 Å². The molecule has 2 aromatic carbocycles. The largest absolute Gasteiger partial charge is 0.573 e. The summed E-state index contributed by atoms with van der Waals surface area (Å²) in [6.45, 7) is 3.57. The van der Waals surface area contributed by atoms with Crippen LogP contribution in [0, 0.1) is 11.7 Å². The van der Waals surface area contributed by atoms with E-state index in [4.69, 9.17) is 11.6 Å². The predicted molar refractivity (Wildman–Crippen MR) is 118 cm³/mol. The first kappa shape index (κ1) is 24.5. The molecule has 0 amide bonds. The number of alkyl halides is 3. The number of aromatic nitrogens is 2. The van der Waals surface area contributed by atoms with Crippen molar-refractivity contribution in [3.8, 4) is 17.0 Å². The molecule has 0 aliphatic carbocycles. The number of nitrogens with one attached hydrogen (secondary N) is 2. The number of hydrogen-bond donors (Lipinski definition) is 3. The summed E-state index contributed by atoms with van der Waals surface area (Å²) in [5.74, 6) is -0.727. The zero-order valence-corrected chi connectivity index (χ0v) is 18.4. The fourth-order valence-electron chi connectivity index (χ4n) is 2.90. The minimum Gasteiger partial charge on any atom is -0.406 e. The van der Waals surface area contributed by atoms with E-state index < -0.39 is 24.0 Å². The van der Waals surface area contributed by atoms with Crippen LogP contribution in [-0.4, -0.2) is 34.1 Å². The molecular weight excluding hydrogens is 464 g/mol. The van der Waals surface area contributed by atoms with Crippen molar-refractivity contribution in [2.45, 2.75) is 26.3 Å². The van der Waals surface area contributed by atoms with Crippen LogP contribution in [-0.2, 0) is 0 Å². The summed E-state index contributed by atoms with van der Waals surface area (Å²) in [7, 11) is 0. The summed E-state index contributed by atoms with van der Waals surface area (Å²) < 4.78 is 56.1. The molecule has 1 heterocycles. The van der Waals surface area contributed by atoms with Gasteiger partial charge < -0.3 is 20.5 Å². The van der Waals surface area contributed by atoms with Crippen molar-refractivity contribution in [1.82, 2.24) is 9.97 Å². The fourth-order valence-corrected chi connectivity index (χ4v) is 3.07. The molecule has 33 heavy (non-hydrogen) atoms. The molecule has 3 aromatic rings. The molecule has 0 saturated heterocycles. The van der Waals surface area contributed by atoms with E-state index in [-0.39, 0.29) is 35.7 Å². The maximum atomic E-state index is 14.2. The highest BCUT2D eigenvalue weighted by Crippen LogP contribution is 2.30. The first-order valence-corrected chi connectivity index (χ1v) is 10.3. The van der Waals surface area contributed by atoms with Gasteiger partial charge in [0.1, 0.15) is 17.4 Å². The van der Waals surface area contributed by atoms with Gasteiger partial charge in [-0.05, 0) is 36.2 Å². The third kappa shape index (κ3) is 6.93. The molecule has 1 atom stereocenters. The Morgan fingerprint density at radius 2 is 1.85 bits per heavy atom. The molecule has 0 saturated carbocycles. The Morgan fingerprint density at radius 1 is 1.09 bits per heavy atom. The van der Waals surface area contributed by atoms with Crippen molar-refractivity contribution in [3.63, 3.8) is 0 Å². The van der Waals surface area contributed by atoms with Gasteiger partial charge in [-0.3, -0.25) is 0 Å². The van der Waals surface area contributed by atoms with Gasteiger partial charge in [0.05, 0.1) is 24.0 Å². The van der Waals surface area contributed by atoms with E-state index in [2.05, 4.69) is 25.3 Å². The summed E-state index contributed by atoms with van der Waals surface area (Å²) >= 11 is 5.95. The fraction of sp³-hybridized carbons (Fsp3) is 0.273. The minimum atomic E-state index is -4.85. The van der Waals surface area contributed by atoms with E-state index >= 15 is 0 Å². The van der Waals surface area contributed by atoms with Crippen LogP contribution in [0.2, 0.25) is 5.02 Å². The maximum absolute atomic E-state index is 14.2. The molecule has 1 aromatic heterocycles. The topological polar surface area (TPSA) is 79.3 Å². The van der Waals surface area contributed by atoms with Crippen LogP contribution in [0.1, 0.15) is 13.8 Å². The highest BCUT2D eigenvalue weighted by Gasteiger charge is 2.31. The number of rotatable bonds is 8. The van der Waals surface area contributed by atoms with Gasteiger partial charge in [0.2, 0.25) is 5.95 Å². The molecule has 6 nitrogen and oxygen atoms in total. The van der Waals surface area contributed by atoms with Crippen LogP contribution >= 0.6 is 11.6 Å². The average Bonchev–Trinajstić information content (AvgIpc) is 2.73. The third-order valence-corrected chi connectivity index (χ3v) is 4.83. The van der Waals surface area contributed by atoms with Gasteiger partial charge in [-0.2, -0.15) is 4.98 Å². The third-order valence-electron chi connectivity index (χ3n) is 4.60. The molecule has 0 spiro atoms. The van der Waals surface area contributed by atoms with Crippen molar-refractivity contribution in [1.29, 1.82) is 0 Å². The lowest BCUT2D eigenvalue weighted by atomic mass is 10.1. The minimum absolute atomic E-state index is 0.0209. The van der Waals surface area contributed by atoms with Gasteiger partial charge in [-0.15, -0.1) is 13.2 Å². The Bertz CT molecular complexity index is 1110. The van der Waals surface area contributed by atoms with Gasteiger partial charge in [0.25, 0.3) is 0 Å². The second-order valence-corrected chi connectivity index (χ2v) is 7.90. The van der Waals surface area contributed by atoms with Gasteiger partial charge >= 0.3 is 6.36 Å². The van der Waals surface area contributed by atoms with Crippen LogP contribution in [0.25, 0.3) is 11.3 Å². The number of nitrogens with zero attached hydrogens (tertiary/aromatic N) is 2. The van der Waals surface area contributed by atoms with Gasteiger partial charge in [0.15, 0.2) is 0 Å². The number of halogens is 5. The Morgan fingerprint density at radius 3 is 2.52 bits per heavy atom. The van der Waals surface area contributed by atoms with E-state index in [1.165, 1.54) is 42.5 Å². The second kappa shape index (κ2) is 10.2. The molecule has 11 heteroatoms. The molecule has 3 N–H and O–H groups in total. The predicted octanol–water partition coefficient (Wildman–Crippen LogP) is 6.01. The Kier molecular flexibility index (Phi) is 7.60. The molecule has 0 fully saturated rings. The maximum Gasteiger partial charge on any atom is 0.573 e. The number of aliphatic hydroxyl groups excluding tert-OH is 1. The summed E-state index contributed by atoms with van der Waals surface area (Å²) in [4.78, 5) is 8.67. The van der Waals surface area contributed by atoms with Crippen molar-refractivity contribution in [3.05, 3.63) is 59.4 Å². The molecule has 0 aliphatic rings.